The highest BCUT2D eigenvalue weighted by Gasteiger charge is 2.32. The summed E-state index contributed by atoms with van der Waals surface area (Å²) in [5.74, 6) is -0.554. The molecule has 1 aliphatic rings. The van der Waals surface area contributed by atoms with Crippen LogP contribution in [-0.4, -0.2) is 28.8 Å². The smallest absolute Gasteiger partial charge is 0.240 e. The topological polar surface area (TPSA) is 70.6 Å². The molecule has 0 aromatic heterocycles. The van der Waals surface area contributed by atoms with Crippen LogP contribution in [0.4, 0.5) is 5.69 Å². The van der Waals surface area contributed by atoms with E-state index in [4.69, 9.17) is 23.2 Å². The van der Waals surface area contributed by atoms with E-state index in [0.29, 0.717) is 22.4 Å². The summed E-state index contributed by atoms with van der Waals surface area (Å²) in [4.78, 5) is 27.9. The molecule has 0 spiro atoms. The van der Waals surface area contributed by atoms with Gasteiger partial charge in [0, 0.05) is 6.42 Å². The zero-order chi connectivity index (χ0) is 16.1. The zero-order valence-electron chi connectivity index (χ0n) is 11.4. The number of carbonyl (C=O) groups excluding carboxylic acids is 2. The number of anilines is 1. The lowest BCUT2D eigenvalue weighted by Gasteiger charge is -2.09. The molecule has 2 amide bonds. The van der Waals surface area contributed by atoms with Gasteiger partial charge in [0.25, 0.3) is 0 Å². The lowest BCUT2D eigenvalue weighted by molar-refractivity contribution is -0.122. The quantitative estimate of drug-likeness (QED) is 0.795. The van der Waals surface area contributed by atoms with Gasteiger partial charge < -0.3 is 10.6 Å². The average Bonchev–Trinajstić information content (AvgIpc) is 2.82. The van der Waals surface area contributed by atoms with E-state index in [1.807, 2.05) is 0 Å². The number of amidine groups is 1. The van der Waals surface area contributed by atoms with Gasteiger partial charge in [-0.15, -0.1) is 6.58 Å². The van der Waals surface area contributed by atoms with Gasteiger partial charge in [0.2, 0.25) is 11.8 Å². The van der Waals surface area contributed by atoms with Crippen molar-refractivity contribution in [1.29, 1.82) is 0 Å². The van der Waals surface area contributed by atoms with Gasteiger partial charge in [-0.3, -0.25) is 14.6 Å². The number of nitrogens with zero attached hydrogens (tertiary/aromatic N) is 1. The Balaban J connectivity index is 1.96. The third-order valence-electron chi connectivity index (χ3n) is 2.74. The van der Waals surface area contributed by atoms with Gasteiger partial charge in [-0.1, -0.05) is 47.1 Å². The Morgan fingerprint density at radius 2 is 2.27 bits per heavy atom. The highest BCUT2D eigenvalue weighted by molar-refractivity contribution is 8.15. The summed E-state index contributed by atoms with van der Waals surface area (Å²) in [7, 11) is 0. The van der Waals surface area contributed by atoms with Crippen LogP contribution in [0.25, 0.3) is 0 Å². The third-order valence-corrected chi connectivity index (χ3v) is 4.68. The number of carbonyl (C=O) groups is 2. The van der Waals surface area contributed by atoms with Crippen molar-refractivity contribution < 1.29 is 9.59 Å². The fourth-order valence-electron chi connectivity index (χ4n) is 1.73. The number of nitrogens with one attached hydrogen (secondary N) is 2. The van der Waals surface area contributed by atoms with Crippen molar-refractivity contribution in [3.05, 3.63) is 40.9 Å². The zero-order valence-corrected chi connectivity index (χ0v) is 13.8. The Kier molecular flexibility index (Phi) is 5.88. The Morgan fingerprint density at radius 1 is 1.50 bits per heavy atom. The number of thioether (sulfide) groups is 1. The maximum atomic E-state index is 12.0. The van der Waals surface area contributed by atoms with Crippen molar-refractivity contribution in [3.8, 4) is 0 Å². The van der Waals surface area contributed by atoms with Crippen LogP contribution in [0.5, 0.6) is 0 Å². The normalized spacial score (nSPS) is 19.1. The molecule has 116 valence electrons. The fourth-order valence-corrected chi connectivity index (χ4v) is 3.06. The minimum absolute atomic E-state index is 0.0203. The van der Waals surface area contributed by atoms with E-state index in [-0.39, 0.29) is 23.3 Å². The second-order valence-electron chi connectivity index (χ2n) is 4.38. The minimum Gasteiger partial charge on any atom is -0.325 e. The molecule has 8 heteroatoms. The number of hydrogen-bond donors (Lipinski definition) is 2. The predicted molar refractivity (Wildman–Crippen MR) is 91.7 cm³/mol. The summed E-state index contributed by atoms with van der Waals surface area (Å²) in [5, 5.41) is 5.90. The van der Waals surface area contributed by atoms with Crippen molar-refractivity contribution >= 4 is 57.6 Å². The molecule has 2 N–H and O–H groups in total. The van der Waals surface area contributed by atoms with Gasteiger partial charge >= 0.3 is 0 Å². The van der Waals surface area contributed by atoms with E-state index in [1.54, 1.807) is 24.3 Å². The van der Waals surface area contributed by atoms with Crippen LogP contribution in [0.1, 0.15) is 6.42 Å². The monoisotopic (exact) mass is 357 g/mol. The van der Waals surface area contributed by atoms with Gasteiger partial charge in [-0.25, -0.2) is 0 Å². The molecule has 2 rings (SSSR count). The summed E-state index contributed by atoms with van der Waals surface area (Å²) in [6.45, 7) is 3.97. The van der Waals surface area contributed by atoms with Crippen molar-refractivity contribution in [2.45, 2.75) is 11.7 Å². The Hall–Kier alpha value is -1.50. The van der Waals surface area contributed by atoms with E-state index >= 15 is 0 Å². The minimum atomic E-state index is -0.512. The van der Waals surface area contributed by atoms with Gasteiger partial charge in [0.15, 0.2) is 5.17 Å². The molecule has 1 heterocycles. The molecule has 0 saturated carbocycles. The van der Waals surface area contributed by atoms with E-state index in [9.17, 15) is 9.59 Å². The lowest BCUT2D eigenvalue weighted by atomic mass is 10.2. The Labute approximate surface area is 142 Å². The molecule has 1 saturated heterocycles. The number of amides is 2. The van der Waals surface area contributed by atoms with Crippen molar-refractivity contribution in [2.24, 2.45) is 4.99 Å². The van der Waals surface area contributed by atoms with Gasteiger partial charge in [-0.2, -0.15) is 0 Å². The number of hydrogen-bond acceptors (Lipinski definition) is 4. The van der Waals surface area contributed by atoms with Crippen LogP contribution < -0.4 is 10.6 Å². The van der Waals surface area contributed by atoms with Crippen LogP contribution in [0, 0.1) is 0 Å². The van der Waals surface area contributed by atoms with E-state index < -0.39 is 5.25 Å². The first-order valence-corrected chi connectivity index (χ1v) is 8.01. The van der Waals surface area contributed by atoms with Crippen molar-refractivity contribution in [1.82, 2.24) is 5.32 Å². The molecule has 22 heavy (non-hydrogen) atoms. The number of halogens is 2. The van der Waals surface area contributed by atoms with E-state index in [2.05, 4.69) is 22.2 Å². The number of aliphatic imine (C=N–C) groups is 1. The van der Waals surface area contributed by atoms with Gasteiger partial charge in [-0.05, 0) is 12.1 Å². The van der Waals surface area contributed by atoms with E-state index in [0.717, 1.165) is 0 Å². The molecular formula is C14H13Cl2N3O2S. The maximum absolute atomic E-state index is 12.0. The summed E-state index contributed by atoms with van der Waals surface area (Å²) in [5.41, 5.74) is 0.420. The number of rotatable bonds is 5. The molecule has 0 bridgehead atoms. The summed E-state index contributed by atoms with van der Waals surface area (Å²) in [6.07, 6.45) is 1.65. The number of benzene rings is 1. The van der Waals surface area contributed by atoms with Crippen LogP contribution >= 0.6 is 35.0 Å². The molecule has 1 aliphatic heterocycles. The first-order valence-electron chi connectivity index (χ1n) is 6.38. The maximum Gasteiger partial charge on any atom is 0.240 e. The molecule has 1 atom stereocenters. The van der Waals surface area contributed by atoms with Gasteiger partial charge in [0.05, 0.1) is 22.3 Å². The fraction of sp³-hybridized carbons (Fsp3) is 0.214. The third kappa shape index (κ3) is 4.25. The molecular weight excluding hydrogens is 345 g/mol. The summed E-state index contributed by atoms with van der Waals surface area (Å²) in [6, 6.07) is 4.95. The first kappa shape index (κ1) is 16.9. The highest BCUT2D eigenvalue weighted by atomic mass is 35.5. The van der Waals surface area contributed by atoms with E-state index in [1.165, 1.54) is 11.8 Å². The van der Waals surface area contributed by atoms with Crippen molar-refractivity contribution in [2.75, 3.05) is 11.9 Å². The SMILES string of the molecule is C=CCN=C1NC(=O)C(CC(=O)Nc2cccc(Cl)c2Cl)S1. The molecule has 0 aliphatic carbocycles. The van der Waals surface area contributed by atoms with Gasteiger partial charge in [0.1, 0.15) is 5.25 Å². The largest absolute Gasteiger partial charge is 0.325 e. The molecule has 5 nitrogen and oxygen atoms in total. The molecule has 1 aromatic rings. The Bertz CT molecular complexity index is 649. The summed E-state index contributed by atoms with van der Waals surface area (Å²) < 4.78 is 0. The van der Waals surface area contributed by atoms with Crippen LogP contribution in [0.2, 0.25) is 10.0 Å². The predicted octanol–water partition coefficient (Wildman–Crippen LogP) is 3.10. The highest BCUT2D eigenvalue weighted by Crippen LogP contribution is 2.30. The van der Waals surface area contributed by atoms with Crippen LogP contribution in [-0.2, 0) is 9.59 Å². The van der Waals surface area contributed by atoms with Crippen LogP contribution in [0.3, 0.4) is 0 Å². The molecule has 1 unspecified atom stereocenters. The standard InChI is InChI=1S/C14H13Cl2N3O2S/c1-2-6-17-14-19-13(21)10(22-14)7-11(20)18-9-5-3-4-8(15)12(9)16/h2-5,10H,1,6-7H2,(H,18,20)(H,17,19,21). The molecule has 1 aromatic carbocycles. The van der Waals surface area contributed by atoms with Crippen molar-refractivity contribution in [3.63, 3.8) is 0 Å². The second kappa shape index (κ2) is 7.67. The second-order valence-corrected chi connectivity index (χ2v) is 6.36. The first-order chi connectivity index (χ1) is 10.5. The summed E-state index contributed by atoms with van der Waals surface area (Å²) >= 11 is 13.1. The Morgan fingerprint density at radius 3 is 3.00 bits per heavy atom. The average molecular weight is 358 g/mol. The van der Waals surface area contributed by atoms with Crippen LogP contribution in [0.15, 0.2) is 35.8 Å². The molecule has 1 fully saturated rings. The lowest BCUT2D eigenvalue weighted by Crippen LogP contribution is -2.28. The molecule has 0 radical (unpaired) electrons.